The van der Waals surface area contributed by atoms with Gasteiger partial charge in [-0.25, -0.2) is 0 Å². The summed E-state index contributed by atoms with van der Waals surface area (Å²) >= 11 is 0. The lowest BCUT2D eigenvalue weighted by Crippen LogP contribution is -2.36. The Hall–Kier alpha value is -3.67. The maximum Gasteiger partial charge on any atom is 0.257 e. The summed E-state index contributed by atoms with van der Waals surface area (Å²) in [5.41, 5.74) is 2.44. The lowest BCUT2D eigenvalue weighted by molar-refractivity contribution is 0.0948. The second kappa shape index (κ2) is 9.00. The number of hydrogen-bond acceptors (Lipinski definition) is 3. The van der Waals surface area contributed by atoms with E-state index in [1.807, 2.05) is 61.5 Å². The Morgan fingerprint density at radius 1 is 0.935 bits per heavy atom. The largest absolute Gasteiger partial charge is 0.349 e. The fourth-order valence-electron chi connectivity index (χ4n) is 3.41. The second-order valence-electron chi connectivity index (χ2n) is 7.93. The molecule has 1 fully saturated rings. The van der Waals surface area contributed by atoms with Crippen molar-refractivity contribution in [2.24, 2.45) is 0 Å². The maximum absolute atomic E-state index is 13.0. The van der Waals surface area contributed by atoms with Gasteiger partial charge in [0.05, 0.1) is 0 Å². The molecule has 0 saturated heterocycles. The van der Waals surface area contributed by atoms with Gasteiger partial charge in [0.2, 0.25) is 5.43 Å². The van der Waals surface area contributed by atoms with Crippen LogP contribution in [0.3, 0.4) is 0 Å². The van der Waals surface area contributed by atoms with E-state index in [1.54, 1.807) is 4.57 Å². The Bertz CT molecular complexity index is 1160. The summed E-state index contributed by atoms with van der Waals surface area (Å²) in [6.45, 7) is 2.72. The van der Waals surface area contributed by atoms with Crippen molar-refractivity contribution in [2.75, 3.05) is 0 Å². The Balaban J connectivity index is 1.63. The number of carbonyl (C=O) groups excluding carboxylic acids is 2. The third-order valence-electron chi connectivity index (χ3n) is 5.39. The van der Waals surface area contributed by atoms with E-state index in [0.717, 1.165) is 29.5 Å². The molecular formula is C25H25N3O3. The van der Waals surface area contributed by atoms with Crippen LogP contribution in [0.1, 0.15) is 50.2 Å². The van der Waals surface area contributed by atoms with E-state index in [2.05, 4.69) is 10.6 Å². The first kappa shape index (κ1) is 20.6. The molecule has 0 unspecified atom stereocenters. The highest BCUT2D eigenvalue weighted by atomic mass is 16.2. The van der Waals surface area contributed by atoms with Crippen LogP contribution in [0.5, 0.6) is 0 Å². The van der Waals surface area contributed by atoms with E-state index in [1.165, 1.54) is 12.4 Å². The molecule has 1 heterocycles. The number of aromatic nitrogens is 1. The Morgan fingerprint density at radius 3 is 2.26 bits per heavy atom. The van der Waals surface area contributed by atoms with Crippen LogP contribution in [0.2, 0.25) is 0 Å². The van der Waals surface area contributed by atoms with Gasteiger partial charge >= 0.3 is 0 Å². The second-order valence-corrected chi connectivity index (χ2v) is 7.93. The van der Waals surface area contributed by atoms with E-state index in [9.17, 15) is 14.4 Å². The normalized spacial score (nSPS) is 12.9. The number of aryl methyl sites for hydroxylation is 1. The number of rotatable bonds is 7. The predicted molar refractivity (Wildman–Crippen MR) is 119 cm³/mol. The Kier molecular flexibility index (Phi) is 5.98. The minimum Gasteiger partial charge on any atom is -0.349 e. The summed E-state index contributed by atoms with van der Waals surface area (Å²) in [5.74, 6) is -0.918. The number of hydrogen-bond donors (Lipinski definition) is 2. The van der Waals surface area contributed by atoms with Crippen LogP contribution in [0, 0.1) is 6.92 Å². The molecule has 0 bridgehead atoms. The van der Waals surface area contributed by atoms with Crippen LogP contribution < -0.4 is 16.1 Å². The highest BCUT2D eigenvalue weighted by Crippen LogP contribution is 2.19. The van der Waals surface area contributed by atoms with Gasteiger partial charge in [0, 0.05) is 31.5 Å². The molecule has 2 amide bonds. The third kappa shape index (κ3) is 5.09. The van der Waals surface area contributed by atoms with Crippen LogP contribution >= 0.6 is 0 Å². The third-order valence-corrected chi connectivity index (χ3v) is 5.39. The van der Waals surface area contributed by atoms with Crippen molar-refractivity contribution in [3.8, 4) is 0 Å². The highest BCUT2D eigenvalue weighted by Gasteiger charge is 2.26. The molecule has 1 saturated carbocycles. The van der Waals surface area contributed by atoms with E-state index in [-0.39, 0.29) is 17.2 Å². The van der Waals surface area contributed by atoms with E-state index in [0.29, 0.717) is 13.1 Å². The standard InChI is InChI=1S/C25H25N3O3/c1-17-7-5-6-10-19(17)13-26-24(30)21-15-28(14-18-8-3-2-4-9-18)16-22(23(21)29)25(31)27-20-11-12-20/h2-10,15-16,20H,11-14H2,1H3,(H,26,30)(H,27,31). The first-order valence-electron chi connectivity index (χ1n) is 10.4. The van der Waals surface area contributed by atoms with Gasteiger partial charge in [0.1, 0.15) is 11.1 Å². The first-order valence-corrected chi connectivity index (χ1v) is 10.4. The van der Waals surface area contributed by atoms with Crippen molar-refractivity contribution < 1.29 is 9.59 Å². The molecule has 6 nitrogen and oxygen atoms in total. The van der Waals surface area contributed by atoms with E-state index < -0.39 is 17.2 Å². The zero-order valence-corrected chi connectivity index (χ0v) is 17.4. The molecule has 2 N–H and O–H groups in total. The molecule has 0 aliphatic heterocycles. The van der Waals surface area contributed by atoms with Crippen LogP contribution in [0.15, 0.2) is 71.8 Å². The minimum absolute atomic E-state index is 0.00799. The fourth-order valence-corrected chi connectivity index (χ4v) is 3.41. The molecule has 1 aliphatic rings. The SMILES string of the molecule is Cc1ccccc1CNC(=O)c1cn(Cc2ccccc2)cc(C(=O)NC2CC2)c1=O. The monoisotopic (exact) mass is 415 g/mol. The van der Waals surface area contributed by atoms with Crippen LogP contribution in [-0.2, 0) is 13.1 Å². The topological polar surface area (TPSA) is 80.2 Å². The Labute approximate surface area is 180 Å². The van der Waals surface area contributed by atoms with E-state index >= 15 is 0 Å². The molecule has 1 aliphatic carbocycles. The summed E-state index contributed by atoms with van der Waals surface area (Å²) in [6.07, 6.45) is 4.89. The molecule has 0 radical (unpaired) electrons. The summed E-state index contributed by atoms with van der Waals surface area (Å²) in [4.78, 5) is 38.6. The van der Waals surface area contributed by atoms with E-state index in [4.69, 9.17) is 0 Å². The van der Waals surface area contributed by atoms with Gasteiger partial charge in [-0.3, -0.25) is 14.4 Å². The molecule has 6 heteroatoms. The predicted octanol–water partition coefficient (Wildman–Crippen LogP) is 3.03. The summed E-state index contributed by atoms with van der Waals surface area (Å²) in [7, 11) is 0. The molecular weight excluding hydrogens is 390 g/mol. The van der Waals surface area contributed by atoms with Gasteiger partial charge in [-0.15, -0.1) is 0 Å². The molecule has 3 aromatic rings. The zero-order chi connectivity index (χ0) is 21.8. The summed E-state index contributed by atoms with van der Waals surface area (Å²) in [6, 6.07) is 17.6. The van der Waals surface area contributed by atoms with Crippen molar-refractivity contribution in [3.05, 3.63) is 105 Å². The molecule has 0 spiro atoms. The van der Waals surface area contributed by atoms with Gasteiger partial charge in [-0.05, 0) is 36.5 Å². The molecule has 2 aromatic carbocycles. The first-order chi connectivity index (χ1) is 15.0. The quantitative estimate of drug-likeness (QED) is 0.623. The lowest BCUT2D eigenvalue weighted by Gasteiger charge is -2.13. The molecule has 31 heavy (non-hydrogen) atoms. The fraction of sp³-hybridized carbons (Fsp3) is 0.240. The number of nitrogens with one attached hydrogen (secondary N) is 2. The van der Waals surface area contributed by atoms with Crippen molar-refractivity contribution in [1.29, 1.82) is 0 Å². The van der Waals surface area contributed by atoms with Gasteiger partial charge in [-0.1, -0.05) is 54.6 Å². The zero-order valence-electron chi connectivity index (χ0n) is 17.4. The minimum atomic E-state index is -0.551. The smallest absolute Gasteiger partial charge is 0.257 e. The highest BCUT2D eigenvalue weighted by molar-refractivity contribution is 5.99. The molecule has 158 valence electrons. The van der Waals surface area contributed by atoms with Gasteiger partial charge in [0.25, 0.3) is 11.8 Å². The van der Waals surface area contributed by atoms with Crippen LogP contribution in [0.25, 0.3) is 0 Å². The molecule has 4 rings (SSSR count). The van der Waals surface area contributed by atoms with Gasteiger partial charge in [-0.2, -0.15) is 0 Å². The van der Waals surface area contributed by atoms with Crippen molar-refractivity contribution >= 4 is 11.8 Å². The number of nitrogens with zero attached hydrogens (tertiary/aromatic N) is 1. The summed E-state index contributed by atoms with van der Waals surface area (Å²) < 4.78 is 1.72. The van der Waals surface area contributed by atoms with Crippen molar-refractivity contribution in [1.82, 2.24) is 15.2 Å². The van der Waals surface area contributed by atoms with Crippen molar-refractivity contribution in [2.45, 2.75) is 38.9 Å². The average molecular weight is 415 g/mol. The van der Waals surface area contributed by atoms with Crippen LogP contribution in [-0.4, -0.2) is 22.4 Å². The maximum atomic E-state index is 13.0. The number of amides is 2. The Morgan fingerprint density at radius 2 is 1.58 bits per heavy atom. The van der Waals surface area contributed by atoms with Crippen LogP contribution in [0.4, 0.5) is 0 Å². The van der Waals surface area contributed by atoms with Gasteiger partial charge in [0.15, 0.2) is 0 Å². The lowest BCUT2D eigenvalue weighted by atomic mass is 10.1. The number of benzene rings is 2. The van der Waals surface area contributed by atoms with Crippen molar-refractivity contribution in [3.63, 3.8) is 0 Å². The molecule has 1 aromatic heterocycles. The van der Waals surface area contributed by atoms with Gasteiger partial charge < -0.3 is 15.2 Å². The average Bonchev–Trinajstić information content (AvgIpc) is 3.58. The number of carbonyl (C=O) groups is 2. The molecule has 0 atom stereocenters. The summed E-state index contributed by atoms with van der Waals surface area (Å²) in [5, 5.41) is 5.67. The number of pyridine rings is 1.